The van der Waals surface area contributed by atoms with E-state index >= 15 is 0 Å². The molecule has 0 unspecified atom stereocenters. The number of amides is 1. The molecule has 9 heteroatoms. The molecule has 1 heterocycles. The van der Waals surface area contributed by atoms with Crippen LogP contribution in [0.15, 0.2) is 42.5 Å². The number of nitrogens with one attached hydrogen (secondary N) is 2. The second-order valence-electron chi connectivity index (χ2n) is 6.27. The molecule has 3 aromatic rings. The molecular formula is C18H14IN5O3. The minimum atomic E-state index is -0.486. The Hall–Kier alpha value is -2.82. The molecule has 0 aliphatic heterocycles. The number of anilines is 1. The van der Waals surface area contributed by atoms with Crippen molar-refractivity contribution >= 4 is 39.9 Å². The minimum absolute atomic E-state index is 0.0472. The van der Waals surface area contributed by atoms with Crippen LogP contribution < -0.4 is 5.32 Å². The van der Waals surface area contributed by atoms with Crippen molar-refractivity contribution in [3.63, 3.8) is 0 Å². The first kappa shape index (κ1) is 17.6. The maximum Gasteiger partial charge on any atom is 0.270 e. The van der Waals surface area contributed by atoms with E-state index in [0.717, 1.165) is 24.2 Å². The molecule has 0 atom stereocenters. The lowest BCUT2D eigenvalue weighted by molar-refractivity contribution is -0.384. The summed E-state index contributed by atoms with van der Waals surface area (Å²) in [5, 5.41) is 20.9. The number of aromatic amines is 1. The lowest BCUT2D eigenvalue weighted by Gasteiger charge is -2.08. The Morgan fingerprint density at radius 3 is 2.78 bits per heavy atom. The maximum absolute atomic E-state index is 12.5. The number of H-pyrrole nitrogens is 1. The number of hydrogen-bond donors (Lipinski definition) is 2. The average molecular weight is 475 g/mol. The summed E-state index contributed by atoms with van der Waals surface area (Å²) in [6.45, 7) is 0. The topological polar surface area (TPSA) is 114 Å². The van der Waals surface area contributed by atoms with Crippen molar-refractivity contribution in [2.45, 2.75) is 18.8 Å². The molecule has 4 rings (SSSR count). The smallest absolute Gasteiger partial charge is 0.270 e. The van der Waals surface area contributed by atoms with Crippen molar-refractivity contribution in [1.82, 2.24) is 15.2 Å². The second-order valence-corrected chi connectivity index (χ2v) is 7.44. The van der Waals surface area contributed by atoms with Crippen molar-refractivity contribution in [1.29, 1.82) is 0 Å². The van der Waals surface area contributed by atoms with Crippen LogP contribution in [0.4, 0.5) is 11.4 Å². The van der Waals surface area contributed by atoms with Gasteiger partial charge < -0.3 is 5.32 Å². The Kier molecular flexibility index (Phi) is 4.60. The largest absolute Gasteiger partial charge is 0.322 e. The van der Waals surface area contributed by atoms with Gasteiger partial charge in [-0.1, -0.05) is 12.1 Å². The fourth-order valence-electron chi connectivity index (χ4n) is 2.68. The molecule has 2 N–H and O–H groups in total. The number of nitrogens with zero attached hydrogens (tertiary/aromatic N) is 3. The first-order valence-corrected chi connectivity index (χ1v) is 9.37. The Bertz CT molecular complexity index is 1040. The number of non-ortho nitro benzene ring substituents is 1. The van der Waals surface area contributed by atoms with Crippen LogP contribution in [0, 0.1) is 13.7 Å². The van der Waals surface area contributed by atoms with Gasteiger partial charge >= 0.3 is 0 Å². The molecular weight excluding hydrogens is 461 g/mol. The fraction of sp³-hybridized carbons (Fsp3) is 0.167. The molecule has 136 valence electrons. The third kappa shape index (κ3) is 3.82. The summed E-state index contributed by atoms with van der Waals surface area (Å²) >= 11 is 1.92. The molecule has 1 aromatic heterocycles. The lowest BCUT2D eigenvalue weighted by atomic mass is 10.1. The van der Waals surface area contributed by atoms with Gasteiger partial charge in [0.05, 0.1) is 10.5 Å². The van der Waals surface area contributed by atoms with Crippen LogP contribution in [0.5, 0.6) is 0 Å². The normalized spacial score (nSPS) is 13.4. The Morgan fingerprint density at radius 1 is 1.26 bits per heavy atom. The maximum atomic E-state index is 12.5. The van der Waals surface area contributed by atoms with Gasteiger partial charge in [0.1, 0.15) is 5.82 Å². The molecule has 8 nitrogen and oxygen atoms in total. The third-order valence-corrected chi connectivity index (χ3v) is 5.15. The van der Waals surface area contributed by atoms with Gasteiger partial charge in [-0.05, 0) is 53.6 Å². The predicted molar refractivity (Wildman–Crippen MR) is 108 cm³/mol. The number of nitro benzene ring substituents is 1. The fourth-order valence-corrected chi connectivity index (χ4v) is 3.42. The highest BCUT2D eigenvalue weighted by Gasteiger charge is 2.27. The summed E-state index contributed by atoms with van der Waals surface area (Å²) in [5.74, 6) is 1.65. The Morgan fingerprint density at radius 2 is 2.07 bits per heavy atom. The van der Waals surface area contributed by atoms with Gasteiger partial charge in [-0.15, -0.1) is 0 Å². The SMILES string of the molecule is O=C(Nc1cccc(-c2n[nH]c(C3CC3)n2)c1)c1ccc([N+](=O)[O-])cc1I. The molecule has 0 saturated heterocycles. The van der Waals surface area contributed by atoms with Crippen LogP contribution in [-0.2, 0) is 0 Å². The molecule has 2 aromatic carbocycles. The van der Waals surface area contributed by atoms with Gasteiger partial charge in [0.15, 0.2) is 5.82 Å². The molecule has 1 aliphatic carbocycles. The van der Waals surface area contributed by atoms with Crippen molar-refractivity contribution in [2.24, 2.45) is 0 Å². The van der Waals surface area contributed by atoms with E-state index in [1.54, 1.807) is 12.1 Å². The second kappa shape index (κ2) is 7.06. The van der Waals surface area contributed by atoms with Gasteiger partial charge in [-0.2, -0.15) is 5.10 Å². The van der Waals surface area contributed by atoms with Gasteiger partial charge in [0.2, 0.25) is 0 Å². The van der Waals surface area contributed by atoms with E-state index in [-0.39, 0.29) is 11.6 Å². The number of carbonyl (C=O) groups is 1. The molecule has 0 spiro atoms. The highest BCUT2D eigenvalue weighted by molar-refractivity contribution is 14.1. The first-order valence-electron chi connectivity index (χ1n) is 8.29. The molecule has 27 heavy (non-hydrogen) atoms. The van der Waals surface area contributed by atoms with Crippen molar-refractivity contribution in [3.05, 3.63) is 67.5 Å². The van der Waals surface area contributed by atoms with Crippen molar-refractivity contribution in [3.8, 4) is 11.4 Å². The molecule has 0 radical (unpaired) electrons. The van der Waals surface area contributed by atoms with E-state index in [1.807, 2.05) is 34.7 Å². The summed E-state index contributed by atoms with van der Waals surface area (Å²) < 4.78 is 0.512. The number of rotatable bonds is 5. The number of benzene rings is 2. The summed E-state index contributed by atoms with van der Waals surface area (Å²) in [4.78, 5) is 27.4. The van der Waals surface area contributed by atoms with Crippen molar-refractivity contribution < 1.29 is 9.72 Å². The van der Waals surface area contributed by atoms with E-state index in [4.69, 9.17) is 0 Å². The molecule has 1 amide bonds. The molecule has 1 aliphatic rings. The molecule has 1 saturated carbocycles. The monoisotopic (exact) mass is 475 g/mol. The minimum Gasteiger partial charge on any atom is -0.322 e. The summed E-state index contributed by atoms with van der Waals surface area (Å²) in [6, 6.07) is 11.4. The summed E-state index contributed by atoms with van der Waals surface area (Å²) in [5.41, 5.74) is 1.73. The van der Waals surface area contributed by atoms with E-state index in [1.165, 1.54) is 18.2 Å². The number of hydrogen-bond acceptors (Lipinski definition) is 5. The van der Waals surface area contributed by atoms with E-state index < -0.39 is 4.92 Å². The third-order valence-electron chi connectivity index (χ3n) is 4.25. The zero-order valence-electron chi connectivity index (χ0n) is 14.0. The highest BCUT2D eigenvalue weighted by atomic mass is 127. The average Bonchev–Trinajstić information content (AvgIpc) is 3.38. The quantitative estimate of drug-likeness (QED) is 0.328. The molecule has 1 fully saturated rings. The van der Waals surface area contributed by atoms with Gasteiger partial charge in [-0.25, -0.2) is 4.98 Å². The zero-order chi connectivity index (χ0) is 19.0. The number of nitro groups is 1. The number of halogens is 1. The van der Waals surface area contributed by atoms with E-state index in [9.17, 15) is 14.9 Å². The van der Waals surface area contributed by atoms with Gasteiger partial charge in [-0.3, -0.25) is 20.0 Å². The predicted octanol–water partition coefficient (Wildman–Crippen LogP) is 4.11. The first-order chi connectivity index (χ1) is 13.0. The number of aromatic nitrogens is 3. The Labute approximate surface area is 167 Å². The van der Waals surface area contributed by atoms with Gasteiger partial charge in [0.25, 0.3) is 11.6 Å². The zero-order valence-corrected chi connectivity index (χ0v) is 16.1. The molecule has 0 bridgehead atoms. The van der Waals surface area contributed by atoms with Crippen LogP contribution in [0.3, 0.4) is 0 Å². The van der Waals surface area contributed by atoms with Gasteiger partial charge in [0, 0.05) is 32.9 Å². The van der Waals surface area contributed by atoms with Crippen LogP contribution >= 0.6 is 22.6 Å². The van der Waals surface area contributed by atoms with Crippen molar-refractivity contribution in [2.75, 3.05) is 5.32 Å². The highest BCUT2D eigenvalue weighted by Crippen LogP contribution is 2.38. The van der Waals surface area contributed by atoms with E-state index in [0.29, 0.717) is 26.6 Å². The number of carbonyl (C=O) groups excluding carboxylic acids is 1. The lowest BCUT2D eigenvalue weighted by Crippen LogP contribution is -2.13. The summed E-state index contributed by atoms with van der Waals surface area (Å²) in [6.07, 6.45) is 2.28. The standard InChI is InChI=1S/C18H14IN5O3/c19-15-9-13(24(26)27)6-7-14(15)18(25)20-12-3-1-2-11(8-12)17-21-16(22-23-17)10-4-5-10/h1-3,6-10H,4-5H2,(H,20,25)(H,21,22,23). The summed E-state index contributed by atoms with van der Waals surface area (Å²) in [7, 11) is 0. The van der Waals surface area contributed by atoms with Crippen LogP contribution in [0.25, 0.3) is 11.4 Å². The Balaban J connectivity index is 1.54. The van der Waals surface area contributed by atoms with Crippen LogP contribution in [0.2, 0.25) is 0 Å². The van der Waals surface area contributed by atoms with Crippen LogP contribution in [0.1, 0.15) is 34.9 Å². The van der Waals surface area contributed by atoms with Crippen LogP contribution in [-0.4, -0.2) is 26.0 Å². The van der Waals surface area contributed by atoms with E-state index in [2.05, 4.69) is 20.5 Å².